The van der Waals surface area contributed by atoms with Crippen LogP contribution in [-0.4, -0.2) is 35.2 Å². The van der Waals surface area contributed by atoms with E-state index in [1.165, 1.54) is 0 Å². The van der Waals surface area contributed by atoms with Crippen molar-refractivity contribution in [1.82, 2.24) is 9.55 Å². The topological polar surface area (TPSA) is 143 Å². The van der Waals surface area contributed by atoms with Crippen LogP contribution < -0.4 is 17.0 Å². The maximum absolute atomic E-state index is 12.9. The normalized spacial score (nSPS) is 11.1. The quantitative estimate of drug-likeness (QED) is 0.280. The molecule has 1 heterocycles. The van der Waals surface area contributed by atoms with Gasteiger partial charge in [-0.25, -0.2) is 14.2 Å². The standard InChI is InChI=1S/C7H5BFN5O4/c8-4(10)18-7(17)13-5(11)14-1-2(9)3(15)12-6(14)16/h1,10H,(H2,11,13,17)(H,12,15,16). The Hall–Kier alpha value is -2.72. The van der Waals surface area contributed by atoms with E-state index in [0.29, 0.717) is 10.8 Å². The Labute approximate surface area is 99.0 Å². The van der Waals surface area contributed by atoms with Crippen LogP contribution in [0.15, 0.2) is 20.8 Å². The molecule has 0 aliphatic heterocycles. The predicted octanol–water partition coefficient (Wildman–Crippen LogP) is -1.92. The molecule has 0 fully saturated rings. The number of hydrogen-bond acceptors (Lipinski definition) is 5. The number of aromatic amines is 1. The van der Waals surface area contributed by atoms with E-state index >= 15 is 0 Å². The minimum Gasteiger partial charge on any atom is -0.407 e. The maximum Gasteiger partial charge on any atom is 0.442 e. The monoisotopic (exact) mass is 253 g/mol. The molecule has 0 aliphatic carbocycles. The summed E-state index contributed by atoms with van der Waals surface area (Å²) in [6.07, 6.45) is -0.931. The first-order valence-corrected chi connectivity index (χ1v) is 4.23. The Bertz CT molecular complexity index is 648. The van der Waals surface area contributed by atoms with Crippen molar-refractivity contribution in [3.05, 3.63) is 32.9 Å². The second-order valence-corrected chi connectivity index (χ2v) is 2.81. The van der Waals surface area contributed by atoms with Crippen LogP contribution in [0.2, 0.25) is 0 Å². The lowest BCUT2D eigenvalue weighted by atomic mass is 10.2. The Morgan fingerprint density at radius 2 is 2.22 bits per heavy atom. The summed E-state index contributed by atoms with van der Waals surface area (Å²) in [5.74, 6) is -2.99. The molecule has 0 spiro atoms. The molecule has 1 aromatic rings. The minimum atomic E-state index is -1.38. The van der Waals surface area contributed by atoms with E-state index in [2.05, 4.69) is 9.73 Å². The molecule has 0 bridgehead atoms. The van der Waals surface area contributed by atoms with Crippen LogP contribution in [0.3, 0.4) is 0 Å². The number of H-pyrrole nitrogens is 1. The van der Waals surface area contributed by atoms with Crippen LogP contribution in [-0.2, 0) is 4.74 Å². The molecular formula is C7H5BFN5O4. The number of nitrogens with one attached hydrogen (secondary N) is 2. The zero-order valence-corrected chi connectivity index (χ0v) is 8.64. The fourth-order valence-corrected chi connectivity index (χ4v) is 0.882. The highest BCUT2D eigenvalue weighted by atomic mass is 19.1. The lowest BCUT2D eigenvalue weighted by Crippen LogP contribution is -2.39. The third-order valence-corrected chi connectivity index (χ3v) is 1.55. The number of aliphatic imine (C=N–C) groups is 1. The van der Waals surface area contributed by atoms with Crippen LogP contribution in [0, 0.1) is 11.2 Å². The summed E-state index contributed by atoms with van der Waals surface area (Å²) in [6.45, 7) is 0. The molecule has 0 saturated carbocycles. The number of nitrogens with two attached hydrogens (primary N) is 1. The molecule has 4 N–H and O–H groups in total. The van der Waals surface area contributed by atoms with Crippen molar-refractivity contribution in [2.24, 2.45) is 10.7 Å². The number of carbonyl (C=O) groups excluding carboxylic acids is 1. The largest absolute Gasteiger partial charge is 0.442 e. The zero-order chi connectivity index (χ0) is 13.9. The van der Waals surface area contributed by atoms with Gasteiger partial charge in [-0.05, 0) is 0 Å². The van der Waals surface area contributed by atoms with E-state index in [1.807, 2.05) is 0 Å². The second-order valence-electron chi connectivity index (χ2n) is 2.81. The summed E-state index contributed by atoms with van der Waals surface area (Å²) in [5.41, 5.74) is 2.86. The van der Waals surface area contributed by atoms with Crippen LogP contribution >= 0.6 is 0 Å². The number of amides is 1. The van der Waals surface area contributed by atoms with Gasteiger partial charge in [0.05, 0.1) is 6.20 Å². The van der Waals surface area contributed by atoms with Gasteiger partial charge in [0.25, 0.3) is 5.56 Å². The van der Waals surface area contributed by atoms with Crippen molar-refractivity contribution in [3.63, 3.8) is 0 Å². The van der Waals surface area contributed by atoms with Crippen molar-refractivity contribution in [3.8, 4) is 0 Å². The van der Waals surface area contributed by atoms with E-state index in [1.54, 1.807) is 4.98 Å². The first kappa shape index (κ1) is 13.4. The molecule has 9 nitrogen and oxygen atoms in total. The molecule has 1 rings (SSSR count). The Balaban J connectivity index is 3.15. The lowest BCUT2D eigenvalue weighted by Gasteiger charge is -2.03. The fraction of sp³-hybridized carbons (Fsp3) is 0. The number of hydrogen-bond donors (Lipinski definition) is 3. The van der Waals surface area contributed by atoms with Gasteiger partial charge in [0.15, 0.2) is 7.85 Å². The molecule has 0 aromatic carbocycles. The van der Waals surface area contributed by atoms with Gasteiger partial charge in [0.2, 0.25) is 11.8 Å². The van der Waals surface area contributed by atoms with Gasteiger partial charge in [0, 0.05) is 0 Å². The van der Waals surface area contributed by atoms with Gasteiger partial charge >= 0.3 is 11.8 Å². The van der Waals surface area contributed by atoms with E-state index in [4.69, 9.17) is 19.0 Å². The van der Waals surface area contributed by atoms with Crippen molar-refractivity contribution in [1.29, 1.82) is 5.41 Å². The minimum absolute atomic E-state index is 0.373. The number of aromatic nitrogens is 2. The molecule has 1 aromatic heterocycles. The number of nitrogens with zero attached hydrogens (tertiary/aromatic N) is 2. The molecule has 0 aliphatic rings. The fourth-order valence-electron chi connectivity index (χ4n) is 0.882. The summed E-state index contributed by atoms with van der Waals surface area (Å²) in [4.78, 5) is 37.4. The van der Waals surface area contributed by atoms with Gasteiger partial charge in [-0.2, -0.15) is 4.39 Å². The van der Waals surface area contributed by atoms with Crippen molar-refractivity contribution in [2.75, 3.05) is 0 Å². The smallest absolute Gasteiger partial charge is 0.407 e. The second kappa shape index (κ2) is 5.08. The van der Waals surface area contributed by atoms with Gasteiger partial charge in [-0.3, -0.25) is 15.2 Å². The van der Waals surface area contributed by atoms with E-state index in [9.17, 15) is 18.8 Å². The summed E-state index contributed by atoms with van der Waals surface area (Å²) in [5, 5.41) is 6.63. The molecule has 18 heavy (non-hydrogen) atoms. The zero-order valence-electron chi connectivity index (χ0n) is 8.64. The Morgan fingerprint density at radius 3 is 2.78 bits per heavy atom. The molecule has 11 heteroatoms. The van der Waals surface area contributed by atoms with Gasteiger partial charge in [0.1, 0.15) is 5.80 Å². The predicted molar refractivity (Wildman–Crippen MR) is 58.3 cm³/mol. The number of halogens is 1. The number of rotatable bonds is 0. The molecule has 1 amide bonds. The molecule has 0 saturated heterocycles. The Kier molecular flexibility index (Phi) is 3.77. The summed E-state index contributed by atoms with van der Waals surface area (Å²) >= 11 is 0. The SMILES string of the molecule is [B]C(=N)OC(=O)N=C(N)n1cc(F)c(=O)[nH]c1=O. The summed E-state index contributed by atoms with van der Waals surface area (Å²) in [6, 6.07) is 0. The van der Waals surface area contributed by atoms with Gasteiger partial charge < -0.3 is 10.5 Å². The van der Waals surface area contributed by atoms with Crippen molar-refractivity contribution >= 4 is 25.7 Å². The Morgan fingerprint density at radius 1 is 1.61 bits per heavy atom. The average Bonchev–Trinajstić information content (AvgIpc) is 2.21. The van der Waals surface area contributed by atoms with Crippen molar-refractivity contribution in [2.45, 2.75) is 0 Å². The van der Waals surface area contributed by atoms with Crippen LogP contribution in [0.5, 0.6) is 0 Å². The van der Waals surface area contributed by atoms with E-state index in [-0.39, 0.29) is 0 Å². The van der Waals surface area contributed by atoms with Gasteiger partial charge in [-0.15, -0.1) is 4.99 Å². The molecule has 0 unspecified atom stereocenters. The highest BCUT2D eigenvalue weighted by Gasteiger charge is 2.09. The lowest BCUT2D eigenvalue weighted by molar-refractivity contribution is 0.209. The third kappa shape index (κ3) is 3.14. The maximum atomic E-state index is 12.9. The number of ether oxygens (including phenoxy) is 1. The van der Waals surface area contributed by atoms with Crippen LogP contribution in [0.25, 0.3) is 0 Å². The van der Waals surface area contributed by atoms with Crippen molar-refractivity contribution < 1.29 is 13.9 Å². The first-order valence-electron chi connectivity index (χ1n) is 4.23. The van der Waals surface area contributed by atoms with Crippen LogP contribution in [0.1, 0.15) is 0 Å². The molecule has 2 radical (unpaired) electrons. The first-order chi connectivity index (χ1) is 8.31. The number of carbonyl (C=O) groups is 1. The molecule has 0 atom stereocenters. The summed E-state index contributed by atoms with van der Waals surface area (Å²) < 4.78 is 17.3. The molecule has 92 valence electrons. The molecular weight excluding hydrogens is 248 g/mol. The van der Waals surface area contributed by atoms with Crippen LogP contribution in [0.4, 0.5) is 9.18 Å². The average molecular weight is 253 g/mol. The highest BCUT2D eigenvalue weighted by molar-refractivity contribution is 6.56. The van der Waals surface area contributed by atoms with E-state index < -0.39 is 34.9 Å². The highest BCUT2D eigenvalue weighted by Crippen LogP contribution is 1.87. The van der Waals surface area contributed by atoms with Gasteiger partial charge in [-0.1, -0.05) is 0 Å². The summed E-state index contributed by atoms with van der Waals surface area (Å²) in [7, 11) is 4.74. The van der Waals surface area contributed by atoms with E-state index in [0.717, 1.165) is 0 Å². The third-order valence-electron chi connectivity index (χ3n) is 1.55.